The monoisotopic (exact) mass is 264 g/mol. The smallest absolute Gasteiger partial charge is 0.119 e. The number of morpholine rings is 1. The second kappa shape index (κ2) is 7.48. The highest BCUT2D eigenvalue weighted by atomic mass is 16.5. The zero-order valence-corrected chi connectivity index (χ0v) is 11.7. The van der Waals surface area contributed by atoms with Gasteiger partial charge in [0.25, 0.3) is 0 Å². The predicted octanol–water partition coefficient (Wildman–Crippen LogP) is 1.42. The van der Waals surface area contributed by atoms with Crippen molar-refractivity contribution in [2.45, 2.75) is 19.4 Å². The van der Waals surface area contributed by atoms with Crippen LogP contribution in [-0.4, -0.2) is 50.4 Å². The summed E-state index contributed by atoms with van der Waals surface area (Å²) >= 11 is 0. The van der Waals surface area contributed by atoms with E-state index < -0.39 is 0 Å². The van der Waals surface area contributed by atoms with Crippen molar-refractivity contribution in [3.8, 4) is 5.75 Å². The lowest BCUT2D eigenvalue weighted by Gasteiger charge is -2.34. The molecule has 1 aromatic rings. The van der Waals surface area contributed by atoms with Gasteiger partial charge in [-0.25, -0.2) is 0 Å². The Labute approximate surface area is 115 Å². The number of nitrogens with two attached hydrogens (primary N) is 1. The summed E-state index contributed by atoms with van der Waals surface area (Å²) in [5.74, 6) is 0.940. The molecule has 1 saturated heterocycles. The third-order valence-electron chi connectivity index (χ3n) is 3.49. The molecule has 19 heavy (non-hydrogen) atoms. The molecule has 1 aromatic carbocycles. The first kappa shape index (κ1) is 14.3. The molecule has 4 heteroatoms. The minimum atomic E-state index is 0.384. The maximum absolute atomic E-state index is 5.92. The van der Waals surface area contributed by atoms with Gasteiger partial charge in [0.1, 0.15) is 12.4 Å². The summed E-state index contributed by atoms with van der Waals surface area (Å²) in [5.41, 5.74) is 6.94. The normalized spacial score (nSPS) is 18.2. The Morgan fingerprint density at radius 1 is 1.37 bits per heavy atom. The van der Waals surface area contributed by atoms with Crippen LogP contribution in [0.5, 0.6) is 5.75 Å². The van der Waals surface area contributed by atoms with Gasteiger partial charge in [-0.3, -0.25) is 4.90 Å². The topological polar surface area (TPSA) is 47.7 Å². The minimum absolute atomic E-state index is 0.384. The molecule has 1 aliphatic rings. The van der Waals surface area contributed by atoms with Crippen LogP contribution in [0.4, 0.5) is 0 Å². The molecule has 1 atom stereocenters. The summed E-state index contributed by atoms with van der Waals surface area (Å²) in [7, 11) is 0. The van der Waals surface area contributed by atoms with Crippen LogP contribution >= 0.6 is 0 Å². The SMILES string of the molecule is Cc1cccc(OCC(CCN)N2CCOCC2)c1. The van der Waals surface area contributed by atoms with Crippen LogP contribution in [0.25, 0.3) is 0 Å². The van der Waals surface area contributed by atoms with E-state index >= 15 is 0 Å². The maximum atomic E-state index is 5.92. The van der Waals surface area contributed by atoms with E-state index in [0.717, 1.165) is 38.5 Å². The molecule has 1 heterocycles. The molecule has 0 radical (unpaired) electrons. The zero-order valence-electron chi connectivity index (χ0n) is 11.7. The van der Waals surface area contributed by atoms with E-state index in [2.05, 4.69) is 24.0 Å². The molecule has 0 aliphatic carbocycles. The molecule has 2 rings (SSSR count). The van der Waals surface area contributed by atoms with E-state index in [0.29, 0.717) is 19.2 Å². The van der Waals surface area contributed by atoms with Crippen LogP contribution in [-0.2, 0) is 4.74 Å². The molecule has 1 unspecified atom stereocenters. The third-order valence-corrected chi connectivity index (χ3v) is 3.49. The highest BCUT2D eigenvalue weighted by Gasteiger charge is 2.20. The summed E-state index contributed by atoms with van der Waals surface area (Å²) < 4.78 is 11.3. The first-order valence-corrected chi connectivity index (χ1v) is 7.01. The van der Waals surface area contributed by atoms with E-state index in [9.17, 15) is 0 Å². The van der Waals surface area contributed by atoms with Gasteiger partial charge < -0.3 is 15.2 Å². The van der Waals surface area contributed by atoms with Gasteiger partial charge in [-0.05, 0) is 37.6 Å². The molecule has 2 N–H and O–H groups in total. The molecule has 0 aromatic heterocycles. The van der Waals surface area contributed by atoms with Gasteiger partial charge in [0.05, 0.1) is 13.2 Å². The zero-order chi connectivity index (χ0) is 13.5. The number of ether oxygens (including phenoxy) is 2. The first-order valence-electron chi connectivity index (χ1n) is 7.01. The Hall–Kier alpha value is -1.10. The van der Waals surface area contributed by atoms with Crippen molar-refractivity contribution < 1.29 is 9.47 Å². The van der Waals surface area contributed by atoms with Crippen LogP contribution in [0.3, 0.4) is 0 Å². The number of nitrogens with zero attached hydrogens (tertiary/aromatic N) is 1. The van der Waals surface area contributed by atoms with Crippen molar-refractivity contribution in [1.29, 1.82) is 0 Å². The lowest BCUT2D eigenvalue weighted by Crippen LogP contribution is -2.47. The number of benzene rings is 1. The van der Waals surface area contributed by atoms with Crippen molar-refractivity contribution in [2.75, 3.05) is 39.5 Å². The molecule has 0 bridgehead atoms. The maximum Gasteiger partial charge on any atom is 0.119 e. The average Bonchev–Trinajstić information content (AvgIpc) is 2.44. The standard InChI is InChI=1S/C15H24N2O2/c1-13-3-2-4-15(11-13)19-12-14(5-6-16)17-7-9-18-10-8-17/h2-4,11,14H,5-10,12,16H2,1H3. The highest BCUT2D eigenvalue weighted by Crippen LogP contribution is 2.15. The molecule has 1 aliphatic heterocycles. The predicted molar refractivity (Wildman–Crippen MR) is 76.5 cm³/mol. The first-order chi connectivity index (χ1) is 9.29. The van der Waals surface area contributed by atoms with Crippen molar-refractivity contribution in [2.24, 2.45) is 5.73 Å². The number of hydrogen-bond donors (Lipinski definition) is 1. The molecular formula is C15H24N2O2. The van der Waals surface area contributed by atoms with Crippen LogP contribution in [0, 0.1) is 6.92 Å². The Kier molecular flexibility index (Phi) is 5.63. The van der Waals surface area contributed by atoms with Gasteiger partial charge >= 0.3 is 0 Å². The van der Waals surface area contributed by atoms with Crippen LogP contribution in [0.1, 0.15) is 12.0 Å². The largest absolute Gasteiger partial charge is 0.492 e. The quantitative estimate of drug-likeness (QED) is 0.844. The third kappa shape index (κ3) is 4.49. The summed E-state index contributed by atoms with van der Waals surface area (Å²) in [6.07, 6.45) is 0.964. The second-order valence-corrected chi connectivity index (χ2v) is 5.01. The average molecular weight is 264 g/mol. The van der Waals surface area contributed by atoms with Crippen molar-refractivity contribution in [3.05, 3.63) is 29.8 Å². The van der Waals surface area contributed by atoms with Crippen LogP contribution in [0.15, 0.2) is 24.3 Å². The van der Waals surface area contributed by atoms with Gasteiger partial charge in [-0.1, -0.05) is 12.1 Å². The van der Waals surface area contributed by atoms with E-state index in [4.69, 9.17) is 15.2 Å². The lowest BCUT2D eigenvalue weighted by molar-refractivity contribution is 0.00458. The molecule has 0 amide bonds. The Morgan fingerprint density at radius 3 is 2.84 bits per heavy atom. The van der Waals surface area contributed by atoms with E-state index in [1.54, 1.807) is 0 Å². The number of aryl methyl sites for hydroxylation is 1. The molecular weight excluding hydrogens is 240 g/mol. The van der Waals surface area contributed by atoms with E-state index in [1.807, 2.05) is 12.1 Å². The molecule has 106 valence electrons. The minimum Gasteiger partial charge on any atom is -0.492 e. The highest BCUT2D eigenvalue weighted by molar-refractivity contribution is 5.27. The van der Waals surface area contributed by atoms with Crippen molar-refractivity contribution in [3.63, 3.8) is 0 Å². The van der Waals surface area contributed by atoms with Crippen molar-refractivity contribution in [1.82, 2.24) is 4.90 Å². The fourth-order valence-electron chi connectivity index (χ4n) is 2.40. The molecule has 0 saturated carbocycles. The molecule has 1 fully saturated rings. The second-order valence-electron chi connectivity index (χ2n) is 5.01. The summed E-state index contributed by atoms with van der Waals surface area (Å²) in [5, 5.41) is 0. The van der Waals surface area contributed by atoms with Gasteiger partial charge in [0.2, 0.25) is 0 Å². The van der Waals surface area contributed by atoms with E-state index in [-0.39, 0.29) is 0 Å². The summed E-state index contributed by atoms with van der Waals surface area (Å²) in [4.78, 5) is 2.42. The van der Waals surface area contributed by atoms with Gasteiger partial charge in [-0.2, -0.15) is 0 Å². The number of rotatable bonds is 6. The fourth-order valence-corrected chi connectivity index (χ4v) is 2.40. The number of hydrogen-bond acceptors (Lipinski definition) is 4. The molecule has 0 spiro atoms. The van der Waals surface area contributed by atoms with Crippen molar-refractivity contribution >= 4 is 0 Å². The molecule has 4 nitrogen and oxygen atoms in total. The van der Waals surface area contributed by atoms with E-state index in [1.165, 1.54) is 5.56 Å². The summed E-state index contributed by atoms with van der Waals surface area (Å²) in [6, 6.07) is 8.56. The fraction of sp³-hybridized carbons (Fsp3) is 0.600. The van der Waals surface area contributed by atoms with Gasteiger partial charge in [0.15, 0.2) is 0 Å². The summed E-state index contributed by atoms with van der Waals surface area (Å²) in [6.45, 7) is 7.03. The lowest BCUT2D eigenvalue weighted by atomic mass is 10.1. The Balaban J connectivity index is 1.89. The Morgan fingerprint density at radius 2 is 2.16 bits per heavy atom. The van der Waals surface area contributed by atoms with Gasteiger partial charge in [-0.15, -0.1) is 0 Å². The Bertz CT molecular complexity index is 378. The van der Waals surface area contributed by atoms with Gasteiger partial charge in [0, 0.05) is 19.1 Å². The van der Waals surface area contributed by atoms with Crippen LogP contribution in [0.2, 0.25) is 0 Å². The van der Waals surface area contributed by atoms with Crippen LogP contribution < -0.4 is 10.5 Å².